The topological polar surface area (TPSA) is 79.8 Å². The van der Waals surface area contributed by atoms with Crippen molar-refractivity contribution in [3.8, 4) is 22.8 Å². The molecule has 0 amide bonds. The molecule has 10 rings (SSSR count). The monoisotopic (exact) mass is 855 g/mol. The van der Waals surface area contributed by atoms with E-state index in [1.165, 1.54) is 69.9 Å². The van der Waals surface area contributed by atoms with Crippen LogP contribution in [0.25, 0.3) is 44.3 Å². The molecule has 2 aromatic carbocycles. The number of hydrogen-bond donors (Lipinski definition) is 0. The zero-order valence-electron chi connectivity index (χ0n) is 31.3. The SMILES string of the molecule is CC(C)(C)c1ccncc1.CC12CCC(c3c1n[n-]c3-c1cc3cc4ccccc4cc3c(-c3[n-]nc4c3C3CCC4(C)C3(C)C)n1)C2(C)C.[Pt+2]. The molecule has 4 aromatic heterocycles. The molecule has 0 N–H and O–H groups in total. The molecule has 0 aliphatic heterocycles. The van der Waals surface area contributed by atoms with Gasteiger partial charge < -0.3 is 20.4 Å². The zero-order chi connectivity index (χ0) is 35.0. The molecule has 0 radical (unpaired) electrons. The van der Waals surface area contributed by atoms with E-state index in [0.29, 0.717) is 11.8 Å². The van der Waals surface area contributed by atoms with Gasteiger partial charge >= 0.3 is 21.1 Å². The molecule has 6 nitrogen and oxygen atoms in total. The molecule has 51 heavy (non-hydrogen) atoms. The van der Waals surface area contributed by atoms with Crippen LogP contribution in [0.15, 0.2) is 67.0 Å². The van der Waals surface area contributed by atoms with Crippen LogP contribution in [0.3, 0.4) is 0 Å². The summed E-state index contributed by atoms with van der Waals surface area (Å²) in [6.07, 6.45) is 8.41. The van der Waals surface area contributed by atoms with Crippen LogP contribution >= 0.6 is 0 Å². The predicted molar refractivity (Wildman–Crippen MR) is 202 cm³/mol. The minimum atomic E-state index is 0. The summed E-state index contributed by atoms with van der Waals surface area (Å²) in [6.45, 7) is 21.1. The Hall–Kier alpha value is -3.63. The molecule has 4 aliphatic rings. The smallest absolute Gasteiger partial charge is 0.573 e. The van der Waals surface area contributed by atoms with Gasteiger partial charge in [-0.3, -0.25) is 9.97 Å². The maximum Gasteiger partial charge on any atom is 2.00 e. The number of benzene rings is 2. The molecular weight excluding hydrogens is 808 g/mol. The number of nitrogens with zero attached hydrogens (tertiary/aromatic N) is 6. The van der Waals surface area contributed by atoms with Crippen LogP contribution in [0.1, 0.15) is 128 Å². The van der Waals surface area contributed by atoms with Crippen LogP contribution in [-0.4, -0.2) is 20.2 Å². The largest absolute Gasteiger partial charge is 2.00 e. The Kier molecular flexibility index (Phi) is 7.56. The van der Waals surface area contributed by atoms with Crippen molar-refractivity contribution in [3.63, 3.8) is 0 Å². The van der Waals surface area contributed by atoms with Crippen LogP contribution in [0.2, 0.25) is 0 Å². The van der Waals surface area contributed by atoms with Gasteiger partial charge in [0.1, 0.15) is 0 Å². The maximum absolute atomic E-state index is 5.45. The van der Waals surface area contributed by atoms with E-state index in [0.717, 1.165) is 28.2 Å². The quantitative estimate of drug-likeness (QED) is 0.162. The van der Waals surface area contributed by atoms with Crippen LogP contribution in [-0.2, 0) is 37.3 Å². The van der Waals surface area contributed by atoms with Crippen molar-refractivity contribution in [1.29, 1.82) is 0 Å². The summed E-state index contributed by atoms with van der Waals surface area (Å²) in [6, 6.07) is 19.6. The second kappa shape index (κ2) is 11.2. The molecule has 4 aliphatic carbocycles. The van der Waals surface area contributed by atoms with Crippen LogP contribution in [0.4, 0.5) is 0 Å². The first-order valence-electron chi connectivity index (χ1n) is 18.5. The molecule has 4 bridgehead atoms. The molecule has 0 saturated heterocycles. The van der Waals surface area contributed by atoms with Gasteiger partial charge in [-0.1, -0.05) is 98.0 Å². The molecule has 4 atom stereocenters. The Bertz CT molecular complexity index is 2330. The summed E-state index contributed by atoms with van der Waals surface area (Å²) in [7, 11) is 0. The predicted octanol–water partition coefficient (Wildman–Crippen LogP) is 10.2. The normalized spacial score (nSPS) is 26.1. The second-order valence-corrected chi connectivity index (χ2v) is 18.2. The molecule has 6 aromatic rings. The van der Waals surface area contributed by atoms with E-state index in [2.05, 4.69) is 122 Å². The van der Waals surface area contributed by atoms with E-state index in [-0.39, 0.29) is 48.1 Å². The standard InChI is InChI=1S/C35H35N5.C9H13N.Pt/c1-32(2)22-11-13-34(32,5)30-25(22)28(37-39-30)24-17-20-15-18-9-7-8-10-19(18)16-21(20)27(36-24)29-26-23-12-14-35(6,33(23,3)4)31(26)40-38-29;1-9(2,3)8-4-6-10-7-5-8;/h7-10,15-17,22-23H,11-14H2,1-6H3;4-7H,1-3H3;/q-2;;+2. The minimum Gasteiger partial charge on any atom is -0.573 e. The summed E-state index contributed by atoms with van der Waals surface area (Å²) >= 11 is 0. The molecular formula is C44H48N6Pt. The fraction of sp³-hybridized carbons (Fsp3) is 0.455. The molecule has 7 heteroatoms. The summed E-state index contributed by atoms with van der Waals surface area (Å²) in [4.78, 5) is 9.41. The van der Waals surface area contributed by atoms with Crippen LogP contribution in [0.5, 0.6) is 0 Å². The van der Waals surface area contributed by atoms with Crippen molar-refractivity contribution in [1.82, 2.24) is 30.4 Å². The van der Waals surface area contributed by atoms with Gasteiger partial charge in [-0.15, -0.1) is 0 Å². The first kappa shape index (κ1) is 34.5. The summed E-state index contributed by atoms with van der Waals surface area (Å²) in [5, 5.41) is 24.3. The zero-order valence-corrected chi connectivity index (χ0v) is 33.6. The Morgan fingerprint density at radius 3 is 1.75 bits per heavy atom. The van der Waals surface area contributed by atoms with E-state index in [4.69, 9.17) is 25.4 Å². The third kappa shape index (κ3) is 4.57. The summed E-state index contributed by atoms with van der Waals surface area (Å²) in [5.74, 6) is 0.924. The number of hydrogen-bond acceptors (Lipinski definition) is 4. The number of pyridine rings is 2. The third-order valence-corrected chi connectivity index (χ3v) is 14.4. The van der Waals surface area contributed by atoms with Crippen molar-refractivity contribution in [2.75, 3.05) is 0 Å². The van der Waals surface area contributed by atoms with Gasteiger partial charge in [-0.25, -0.2) is 0 Å². The molecule has 0 spiro atoms. The summed E-state index contributed by atoms with van der Waals surface area (Å²) < 4.78 is 0. The fourth-order valence-corrected chi connectivity index (χ4v) is 10.4. The third-order valence-electron chi connectivity index (χ3n) is 14.4. The van der Waals surface area contributed by atoms with E-state index in [1.807, 2.05) is 12.4 Å². The fourth-order valence-electron chi connectivity index (χ4n) is 10.4. The van der Waals surface area contributed by atoms with Crippen molar-refractivity contribution in [3.05, 3.63) is 95.1 Å². The van der Waals surface area contributed by atoms with Gasteiger partial charge in [-0.05, 0) is 117 Å². The van der Waals surface area contributed by atoms with Crippen molar-refractivity contribution >= 4 is 21.5 Å². The average molecular weight is 856 g/mol. The van der Waals surface area contributed by atoms with Crippen molar-refractivity contribution in [2.24, 2.45) is 10.8 Å². The van der Waals surface area contributed by atoms with Crippen LogP contribution in [0, 0.1) is 10.8 Å². The molecule has 264 valence electrons. The molecule has 2 saturated carbocycles. The first-order chi connectivity index (χ1) is 23.7. The molecule has 2 fully saturated rings. The van der Waals surface area contributed by atoms with Gasteiger partial charge in [0, 0.05) is 40.0 Å². The van der Waals surface area contributed by atoms with E-state index >= 15 is 0 Å². The van der Waals surface area contributed by atoms with Gasteiger partial charge in [0.2, 0.25) is 0 Å². The van der Waals surface area contributed by atoms with Crippen LogP contribution < -0.4 is 10.2 Å². The van der Waals surface area contributed by atoms with Gasteiger partial charge in [0.05, 0.1) is 11.4 Å². The first-order valence-corrected chi connectivity index (χ1v) is 18.5. The number of rotatable bonds is 2. The van der Waals surface area contributed by atoms with Crippen molar-refractivity contribution in [2.45, 2.75) is 116 Å². The van der Waals surface area contributed by atoms with Gasteiger partial charge in [-0.2, -0.15) is 0 Å². The number of aromatic nitrogens is 6. The summed E-state index contributed by atoms with van der Waals surface area (Å²) in [5.41, 5.74) is 11.0. The number of fused-ring (bicyclic) bond motifs is 12. The Labute approximate surface area is 316 Å². The van der Waals surface area contributed by atoms with Gasteiger partial charge in [0.15, 0.2) is 0 Å². The van der Waals surface area contributed by atoms with E-state index in [9.17, 15) is 0 Å². The average Bonchev–Trinajstić information content (AvgIpc) is 3.88. The Balaban J connectivity index is 0.000000297. The minimum absolute atomic E-state index is 0. The van der Waals surface area contributed by atoms with Crippen molar-refractivity contribution < 1.29 is 21.1 Å². The Morgan fingerprint density at radius 1 is 0.667 bits per heavy atom. The molecule has 4 heterocycles. The Morgan fingerprint density at radius 2 is 1.20 bits per heavy atom. The maximum atomic E-state index is 5.45. The van der Waals surface area contributed by atoms with E-state index in [1.54, 1.807) is 0 Å². The van der Waals surface area contributed by atoms with Gasteiger partial charge in [0.25, 0.3) is 0 Å². The second-order valence-electron chi connectivity index (χ2n) is 18.2. The molecule has 4 unspecified atom stereocenters. The van der Waals surface area contributed by atoms with E-state index < -0.39 is 0 Å².